The number of hydrogen-bond donors (Lipinski definition) is 2. The molecule has 0 amide bonds. The van der Waals surface area contributed by atoms with Crippen molar-refractivity contribution in [2.24, 2.45) is 10.9 Å². The minimum absolute atomic E-state index is 0.0461. The fourth-order valence-electron chi connectivity index (χ4n) is 1.98. The van der Waals surface area contributed by atoms with Crippen LogP contribution >= 0.6 is 0 Å². The van der Waals surface area contributed by atoms with Gasteiger partial charge in [-0.15, -0.1) is 0 Å². The molecule has 0 saturated heterocycles. The molecule has 0 fully saturated rings. The molecule has 2 aromatic heterocycles. The van der Waals surface area contributed by atoms with Gasteiger partial charge in [0.15, 0.2) is 5.84 Å². The van der Waals surface area contributed by atoms with Crippen LogP contribution in [0.4, 0.5) is 0 Å². The first-order valence-electron chi connectivity index (χ1n) is 5.67. The van der Waals surface area contributed by atoms with E-state index in [1.54, 1.807) is 23.1 Å². The Morgan fingerprint density at radius 3 is 2.89 bits per heavy atom. The van der Waals surface area contributed by atoms with Crippen LogP contribution in [0.15, 0.2) is 53.9 Å². The van der Waals surface area contributed by atoms with Crippen LogP contribution in [0.5, 0.6) is 0 Å². The van der Waals surface area contributed by atoms with Gasteiger partial charge in [0, 0.05) is 11.6 Å². The van der Waals surface area contributed by atoms with E-state index in [0.717, 1.165) is 10.9 Å². The zero-order valence-corrected chi connectivity index (χ0v) is 9.93. The van der Waals surface area contributed by atoms with Gasteiger partial charge in [0.25, 0.3) is 0 Å². The Kier molecular flexibility index (Phi) is 2.60. The summed E-state index contributed by atoms with van der Waals surface area (Å²) < 4.78 is 1.72. The highest BCUT2D eigenvalue weighted by atomic mass is 16.4. The average Bonchev–Trinajstić information content (AvgIpc) is 2.90. The lowest BCUT2D eigenvalue weighted by molar-refractivity contribution is 0.318. The van der Waals surface area contributed by atoms with Crippen molar-refractivity contribution >= 4 is 16.7 Å². The van der Waals surface area contributed by atoms with Gasteiger partial charge < -0.3 is 10.9 Å². The molecule has 6 heteroatoms. The molecule has 0 spiro atoms. The predicted molar refractivity (Wildman–Crippen MR) is 71.4 cm³/mol. The SMILES string of the molecule is N/C(=N/O)c1ncccc1-n1ncc2ccccc21. The van der Waals surface area contributed by atoms with Crippen LogP contribution in [0.1, 0.15) is 5.69 Å². The van der Waals surface area contributed by atoms with Crippen LogP contribution in [-0.4, -0.2) is 25.8 Å². The molecule has 19 heavy (non-hydrogen) atoms. The lowest BCUT2D eigenvalue weighted by Gasteiger charge is -2.08. The second-order valence-electron chi connectivity index (χ2n) is 3.97. The molecule has 3 N–H and O–H groups in total. The summed E-state index contributed by atoms with van der Waals surface area (Å²) in [7, 11) is 0. The molecule has 94 valence electrons. The Morgan fingerprint density at radius 1 is 1.21 bits per heavy atom. The molecular weight excluding hydrogens is 242 g/mol. The summed E-state index contributed by atoms with van der Waals surface area (Å²) in [5.74, 6) is -0.0461. The molecule has 0 aliphatic carbocycles. The Bertz CT molecular complexity index is 762. The lowest BCUT2D eigenvalue weighted by Crippen LogP contribution is -2.18. The van der Waals surface area contributed by atoms with Crippen LogP contribution in [0.25, 0.3) is 16.6 Å². The van der Waals surface area contributed by atoms with Gasteiger partial charge >= 0.3 is 0 Å². The van der Waals surface area contributed by atoms with Crippen LogP contribution < -0.4 is 5.73 Å². The molecule has 0 aliphatic rings. The van der Waals surface area contributed by atoms with Crippen molar-refractivity contribution in [1.29, 1.82) is 0 Å². The molecule has 3 aromatic rings. The molecule has 0 bridgehead atoms. The van der Waals surface area contributed by atoms with Crippen LogP contribution in [-0.2, 0) is 0 Å². The molecule has 0 saturated carbocycles. The van der Waals surface area contributed by atoms with Gasteiger partial charge in [-0.2, -0.15) is 5.10 Å². The fraction of sp³-hybridized carbons (Fsp3) is 0. The van der Waals surface area contributed by atoms with E-state index in [2.05, 4.69) is 15.2 Å². The maximum absolute atomic E-state index is 8.82. The van der Waals surface area contributed by atoms with E-state index in [-0.39, 0.29) is 5.84 Å². The number of amidine groups is 1. The highest BCUT2D eigenvalue weighted by molar-refractivity contribution is 5.99. The van der Waals surface area contributed by atoms with Crippen molar-refractivity contribution in [2.75, 3.05) is 0 Å². The van der Waals surface area contributed by atoms with Gasteiger partial charge in [-0.1, -0.05) is 23.4 Å². The smallest absolute Gasteiger partial charge is 0.190 e. The third-order valence-electron chi connectivity index (χ3n) is 2.84. The normalized spacial score (nSPS) is 11.9. The average molecular weight is 253 g/mol. The van der Waals surface area contributed by atoms with Gasteiger partial charge in [0.2, 0.25) is 0 Å². The summed E-state index contributed by atoms with van der Waals surface area (Å²) in [4.78, 5) is 4.14. The molecule has 2 heterocycles. The van der Waals surface area contributed by atoms with E-state index >= 15 is 0 Å². The number of aromatic nitrogens is 3. The number of rotatable bonds is 2. The highest BCUT2D eigenvalue weighted by Crippen LogP contribution is 2.19. The number of fused-ring (bicyclic) bond motifs is 1. The molecule has 0 aliphatic heterocycles. The summed E-state index contributed by atoms with van der Waals surface area (Å²) in [6.45, 7) is 0. The largest absolute Gasteiger partial charge is 0.409 e. The van der Waals surface area contributed by atoms with Crippen LogP contribution in [0.3, 0.4) is 0 Å². The molecule has 0 radical (unpaired) electrons. The third-order valence-corrected chi connectivity index (χ3v) is 2.84. The third kappa shape index (κ3) is 1.79. The molecule has 0 unspecified atom stereocenters. The number of nitrogens with zero attached hydrogens (tertiary/aromatic N) is 4. The summed E-state index contributed by atoms with van der Waals surface area (Å²) in [5.41, 5.74) is 7.63. The molecule has 3 rings (SSSR count). The van der Waals surface area contributed by atoms with Crippen molar-refractivity contribution in [3.63, 3.8) is 0 Å². The number of oxime groups is 1. The van der Waals surface area contributed by atoms with Crippen molar-refractivity contribution in [2.45, 2.75) is 0 Å². The van der Waals surface area contributed by atoms with Crippen molar-refractivity contribution in [3.8, 4) is 5.69 Å². The minimum Gasteiger partial charge on any atom is -0.409 e. The van der Waals surface area contributed by atoms with Crippen molar-refractivity contribution < 1.29 is 5.21 Å². The van der Waals surface area contributed by atoms with Crippen LogP contribution in [0.2, 0.25) is 0 Å². The molecule has 0 atom stereocenters. The van der Waals surface area contributed by atoms with E-state index in [9.17, 15) is 0 Å². The summed E-state index contributed by atoms with van der Waals surface area (Å²) in [6.07, 6.45) is 3.35. The highest BCUT2D eigenvalue weighted by Gasteiger charge is 2.12. The monoisotopic (exact) mass is 253 g/mol. The van der Waals surface area contributed by atoms with E-state index in [1.165, 1.54) is 0 Å². The number of pyridine rings is 1. The van der Waals surface area contributed by atoms with E-state index in [4.69, 9.17) is 10.9 Å². The molecule has 6 nitrogen and oxygen atoms in total. The van der Waals surface area contributed by atoms with Gasteiger partial charge in [0.1, 0.15) is 5.69 Å². The number of hydrogen-bond acceptors (Lipinski definition) is 4. The van der Waals surface area contributed by atoms with Gasteiger partial charge in [-0.25, -0.2) is 4.68 Å². The van der Waals surface area contributed by atoms with E-state index in [1.807, 2.05) is 30.3 Å². The van der Waals surface area contributed by atoms with Gasteiger partial charge in [-0.05, 0) is 18.2 Å². The zero-order valence-electron chi connectivity index (χ0n) is 9.93. The van der Waals surface area contributed by atoms with Crippen LogP contribution in [0, 0.1) is 0 Å². The maximum atomic E-state index is 8.82. The topological polar surface area (TPSA) is 89.3 Å². The Balaban J connectivity index is 2.28. The predicted octanol–water partition coefficient (Wildman–Crippen LogP) is 1.51. The second-order valence-corrected chi connectivity index (χ2v) is 3.97. The Morgan fingerprint density at radius 2 is 2.05 bits per heavy atom. The number of para-hydroxylation sites is 1. The molecular formula is C13H11N5O. The van der Waals surface area contributed by atoms with E-state index in [0.29, 0.717) is 11.4 Å². The zero-order chi connectivity index (χ0) is 13.2. The Labute approximate surface area is 108 Å². The first kappa shape index (κ1) is 11.2. The molecule has 1 aromatic carbocycles. The van der Waals surface area contributed by atoms with Gasteiger partial charge in [-0.3, -0.25) is 4.98 Å². The summed E-state index contributed by atoms with van der Waals surface area (Å²) >= 11 is 0. The fourth-order valence-corrected chi connectivity index (χ4v) is 1.98. The Hall–Kier alpha value is -2.89. The van der Waals surface area contributed by atoms with E-state index < -0.39 is 0 Å². The minimum atomic E-state index is -0.0461. The number of nitrogens with two attached hydrogens (primary N) is 1. The van der Waals surface area contributed by atoms with Gasteiger partial charge in [0.05, 0.1) is 17.4 Å². The maximum Gasteiger partial charge on any atom is 0.190 e. The van der Waals surface area contributed by atoms with Crippen molar-refractivity contribution in [1.82, 2.24) is 14.8 Å². The summed E-state index contributed by atoms with van der Waals surface area (Å²) in [5, 5.41) is 17.2. The number of benzene rings is 1. The van der Waals surface area contributed by atoms with Crippen molar-refractivity contribution in [3.05, 3.63) is 54.5 Å². The lowest BCUT2D eigenvalue weighted by atomic mass is 10.2. The second kappa shape index (κ2) is 4.41. The quantitative estimate of drug-likeness (QED) is 0.313. The first-order chi connectivity index (χ1) is 9.31. The summed E-state index contributed by atoms with van der Waals surface area (Å²) in [6, 6.07) is 11.4. The first-order valence-corrected chi connectivity index (χ1v) is 5.67. The standard InChI is InChI=1S/C13H11N5O/c14-13(17-19)12-11(6-3-7-15-12)18-10-5-2-1-4-9(10)8-16-18/h1-8,19H,(H2,14,17).